The molecule has 92 valence electrons. The molecule has 0 spiro atoms. The number of phenols is 1. The fraction of sp³-hybridized carbons (Fsp3) is 0.571. The second-order valence-electron chi connectivity index (χ2n) is 3.79. The maximum absolute atomic E-state index is 8.63. The van der Waals surface area contributed by atoms with Crippen molar-refractivity contribution in [1.82, 2.24) is 5.32 Å². The lowest BCUT2D eigenvalue weighted by Gasteiger charge is -1.99. The summed E-state index contributed by atoms with van der Waals surface area (Å²) in [6.07, 6.45) is 5.26. The Morgan fingerprint density at radius 1 is 0.938 bits per heavy atom. The molecule has 2 nitrogen and oxygen atoms in total. The molecule has 0 bridgehead atoms. The maximum Gasteiger partial charge on any atom is 0.115 e. The summed E-state index contributed by atoms with van der Waals surface area (Å²) in [6, 6.07) is 8.71. The van der Waals surface area contributed by atoms with Crippen LogP contribution in [0.5, 0.6) is 5.75 Å². The minimum Gasteiger partial charge on any atom is -0.508 e. The molecule has 0 saturated heterocycles. The quantitative estimate of drug-likeness (QED) is 0.723. The first kappa shape index (κ1) is 15.0. The van der Waals surface area contributed by atoms with Gasteiger partial charge in [0.15, 0.2) is 0 Å². The Morgan fingerprint density at radius 3 is 1.75 bits per heavy atom. The van der Waals surface area contributed by atoms with Gasteiger partial charge in [-0.1, -0.05) is 44.9 Å². The molecule has 0 saturated carbocycles. The zero-order valence-electron chi connectivity index (χ0n) is 10.6. The highest BCUT2D eigenvalue weighted by atomic mass is 16.3. The minimum atomic E-state index is 0.322. The van der Waals surface area contributed by atoms with E-state index in [-0.39, 0.29) is 0 Å². The van der Waals surface area contributed by atoms with Gasteiger partial charge in [0.05, 0.1) is 0 Å². The van der Waals surface area contributed by atoms with Gasteiger partial charge in [0.2, 0.25) is 0 Å². The fourth-order valence-electron chi connectivity index (χ4n) is 1.16. The molecule has 0 aliphatic carbocycles. The zero-order valence-corrected chi connectivity index (χ0v) is 10.6. The van der Waals surface area contributed by atoms with E-state index in [0.717, 1.165) is 0 Å². The SMILES string of the molecule is CCCCNCCCC.Oc1ccccc1. The van der Waals surface area contributed by atoms with Crippen molar-refractivity contribution >= 4 is 0 Å². The predicted octanol–water partition coefficient (Wildman–Crippen LogP) is 3.57. The normalized spacial score (nSPS) is 9.38. The number of aromatic hydroxyl groups is 1. The van der Waals surface area contributed by atoms with Crippen LogP contribution in [0, 0.1) is 0 Å². The van der Waals surface area contributed by atoms with Gasteiger partial charge in [-0.3, -0.25) is 0 Å². The summed E-state index contributed by atoms with van der Waals surface area (Å²) in [5, 5.41) is 12.0. The van der Waals surface area contributed by atoms with Crippen molar-refractivity contribution in [2.75, 3.05) is 13.1 Å². The van der Waals surface area contributed by atoms with Gasteiger partial charge in [-0.05, 0) is 38.1 Å². The van der Waals surface area contributed by atoms with E-state index >= 15 is 0 Å². The van der Waals surface area contributed by atoms with Gasteiger partial charge in [-0.25, -0.2) is 0 Å². The van der Waals surface area contributed by atoms with E-state index < -0.39 is 0 Å². The second kappa shape index (κ2) is 12.1. The summed E-state index contributed by atoms with van der Waals surface area (Å²) >= 11 is 0. The van der Waals surface area contributed by atoms with E-state index in [4.69, 9.17) is 5.11 Å². The summed E-state index contributed by atoms with van der Waals surface area (Å²) in [6.45, 7) is 6.86. The summed E-state index contributed by atoms with van der Waals surface area (Å²) < 4.78 is 0. The standard InChI is InChI=1S/C8H19N.C6H6O/c1-3-5-7-9-8-6-4-2;7-6-4-2-1-3-5-6/h9H,3-8H2,1-2H3;1-5,7H. The van der Waals surface area contributed by atoms with Crippen LogP contribution in [0.25, 0.3) is 0 Å². The smallest absolute Gasteiger partial charge is 0.115 e. The molecule has 0 fully saturated rings. The van der Waals surface area contributed by atoms with Crippen molar-refractivity contribution in [3.63, 3.8) is 0 Å². The number of phenolic OH excluding ortho intramolecular Hbond substituents is 1. The Morgan fingerprint density at radius 2 is 1.44 bits per heavy atom. The van der Waals surface area contributed by atoms with Gasteiger partial charge < -0.3 is 10.4 Å². The number of nitrogens with one attached hydrogen (secondary N) is 1. The van der Waals surface area contributed by atoms with Crippen LogP contribution >= 0.6 is 0 Å². The summed E-state index contributed by atoms with van der Waals surface area (Å²) in [5.74, 6) is 0.322. The van der Waals surface area contributed by atoms with Crippen LogP contribution in [0.4, 0.5) is 0 Å². The first-order valence-corrected chi connectivity index (χ1v) is 6.26. The highest BCUT2D eigenvalue weighted by molar-refractivity contribution is 5.18. The number of rotatable bonds is 6. The van der Waals surface area contributed by atoms with Crippen LogP contribution in [0.3, 0.4) is 0 Å². The largest absolute Gasteiger partial charge is 0.508 e. The molecule has 1 aromatic rings. The molecule has 0 radical (unpaired) electrons. The molecule has 0 aromatic heterocycles. The Labute approximate surface area is 99.7 Å². The molecule has 2 N–H and O–H groups in total. The summed E-state index contributed by atoms with van der Waals surface area (Å²) in [5.41, 5.74) is 0. The first-order valence-electron chi connectivity index (χ1n) is 6.26. The number of benzene rings is 1. The Kier molecular flexibility index (Phi) is 11.3. The van der Waals surface area contributed by atoms with Gasteiger partial charge in [0.1, 0.15) is 5.75 Å². The van der Waals surface area contributed by atoms with Crippen molar-refractivity contribution in [2.45, 2.75) is 39.5 Å². The van der Waals surface area contributed by atoms with Crippen molar-refractivity contribution in [3.8, 4) is 5.75 Å². The number of unbranched alkanes of at least 4 members (excludes halogenated alkanes) is 2. The van der Waals surface area contributed by atoms with E-state index in [1.807, 2.05) is 6.07 Å². The highest BCUT2D eigenvalue weighted by Gasteiger charge is 1.83. The highest BCUT2D eigenvalue weighted by Crippen LogP contribution is 2.02. The third kappa shape index (κ3) is 11.1. The topological polar surface area (TPSA) is 32.3 Å². The summed E-state index contributed by atoms with van der Waals surface area (Å²) in [7, 11) is 0. The van der Waals surface area contributed by atoms with E-state index in [9.17, 15) is 0 Å². The van der Waals surface area contributed by atoms with E-state index in [2.05, 4.69) is 19.2 Å². The molecule has 0 heterocycles. The van der Waals surface area contributed by atoms with E-state index in [1.165, 1.54) is 38.8 Å². The Balaban J connectivity index is 0.000000288. The maximum atomic E-state index is 8.63. The average molecular weight is 223 g/mol. The van der Waals surface area contributed by atoms with E-state index in [0.29, 0.717) is 5.75 Å². The number of para-hydroxylation sites is 1. The lowest BCUT2D eigenvalue weighted by atomic mass is 10.3. The van der Waals surface area contributed by atoms with Crippen LogP contribution < -0.4 is 5.32 Å². The van der Waals surface area contributed by atoms with Gasteiger partial charge in [-0.2, -0.15) is 0 Å². The summed E-state index contributed by atoms with van der Waals surface area (Å²) in [4.78, 5) is 0. The lowest BCUT2D eigenvalue weighted by molar-refractivity contribution is 0.475. The monoisotopic (exact) mass is 223 g/mol. The van der Waals surface area contributed by atoms with Crippen LogP contribution in [-0.4, -0.2) is 18.2 Å². The molecule has 1 rings (SSSR count). The predicted molar refractivity (Wildman–Crippen MR) is 70.8 cm³/mol. The van der Waals surface area contributed by atoms with Crippen LogP contribution in [0.15, 0.2) is 30.3 Å². The molecule has 0 atom stereocenters. The van der Waals surface area contributed by atoms with Crippen molar-refractivity contribution in [2.24, 2.45) is 0 Å². The van der Waals surface area contributed by atoms with Crippen LogP contribution in [-0.2, 0) is 0 Å². The van der Waals surface area contributed by atoms with Gasteiger partial charge in [-0.15, -0.1) is 0 Å². The molecule has 1 aromatic carbocycles. The fourth-order valence-corrected chi connectivity index (χ4v) is 1.16. The average Bonchev–Trinajstić information content (AvgIpc) is 2.31. The van der Waals surface area contributed by atoms with Gasteiger partial charge >= 0.3 is 0 Å². The molecule has 16 heavy (non-hydrogen) atoms. The van der Waals surface area contributed by atoms with Crippen molar-refractivity contribution < 1.29 is 5.11 Å². The molecule has 0 aliphatic heterocycles. The van der Waals surface area contributed by atoms with Crippen LogP contribution in [0.1, 0.15) is 39.5 Å². The van der Waals surface area contributed by atoms with E-state index in [1.54, 1.807) is 24.3 Å². The number of hydrogen-bond acceptors (Lipinski definition) is 2. The Hall–Kier alpha value is -1.02. The van der Waals surface area contributed by atoms with Crippen molar-refractivity contribution in [1.29, 1.82) is 0 Å². The molecule has 0 aliphatic rings. The molecule has 0 amide bonds. The third-order valence-corrected chi connectivity index (χ3v) is 2.17. The first-order chi connectivity index (χ1) is 7.81. The van der Waals surface area contributed by atoms with Crippen molar-refractivity contribution in [3.05, 3.63) is 30.3 Å². The molecular weight excluding hydrogens is 198 g/mol. The van der Waals surface area contributed by atoms with Gasteiger partial charge in [0.25, 0.3) is 0 Å². The zero-order chi connectivity index (χ0) is 12.1. The van der Waals surface area contributed by atoms with Gasteiger partial charge in [0, 0.05) is 0 Å². The number of hydrogen-bond donors (Lipinski definition) is 2. The molecule has 0 unspecified atom stereocenters. The Bertz CT molecular complexity index is 217. The molecular formula is C14H25NO. The minimum absolute atomic E-state index is 0.322. The second-order valence-corrected chi connectivity index (χ2v) is 3.79. The molecule has 2 heteroatoms. The lowest BCUT2D eigenvalue weighted by Crippen LogP contribution is -2.15. The third-order valence-electron chi connectivity index (χ3n) is 2.17. The van der Waals surface area contributed by atoms with Crippen LogP contribution in [0.2, 0.25) is 0 Å².